The van der Waals surface area contributed by atoms with Crippen LogP contribution in [0.2, 0.25) is 0 Å². The van der Waals surface area contributed by atoms with E-state index in [9.17, 15) is 4.79 Å². The Morgan fingerprint density at radius 2 is 2.29 bits per heavy atom. The highest BCUT2D eigenvalue weighted by Gasteiger charge is 2.08. The second-order valence-corrected chi connectivity index (χ2v) is 2.66. The largest absolute Gasteiger partial charge is 0.462 e. The maximum absolute atomic E-state index is 11.4. The SMILES string of the molecule is C=C=Cc1ccccc1C(=O)OCC. The zero-order valence-electron chi connectivity index (χ0n) is 8.12. The van der Waals surface area contributed by atoms with Crippen LogP contribution in [-0.4, -0.2) is 12.6 Å². The third kappa shape index (κ3) is 2.35. The topological polar surface area (TPSA) is 26.3 Å². The highest BCUT2D eigenvalue weighted by molar-refractivity contribution is 5.93. The first-order valence-corrected chi connectivity index (χ1v) is 4.41. The van der Waals surface area contributed by atoms with Crippen molar-refractivity contribution in [3.8, 4) is 0 Å². The highest BCUT2D eigenvalue weighted by Crippen LogP contribution is 2.11. The van der Waals surface area contributed by atoms with Crippen molar-refractivity contribution in [3.63, 3.8) is 0 Å². The lowest BCUT2D eigenvalue weighted by Crippen LogP contribution is -2.06. The summed E-state index contributed by atoms with van der Waals surface area (Å²) in [5, 5.41) is 0. The number of carbonyl (C=O) groups excluding carboxylic acids is 1. The predicted octanol–water partition coefficient (Wildman–Crippen LogP) is 2.66. The molecule has 0 aromatic heterocycles. The zero-order chi connectivity index (χ0) is 10.4. The van der Waals surface area contributed by atoms with Crippen molar-refractivity contribution in [3.05, 3.63) is 47.7 Å². The molecule has 14 heavy (non-hydrogen) atoms. The van der Waals surface area contributed by atoms with Gasteiger partial charge in [-0.2, -0.15) is 0 Å². The summed E-state index contributed by atoms with van der Waals surface area (Å²) in [6, 6.07) is 7.20. The molecule has 0 bridgehead atoms. The smallest absolute Gasteiger partial charge is 0.338 e. The summed E-state index contributed by atoms with van der Waals surface area (Å²) in [6.07, 6.45) is 1.66. The van der Waals surface area contributed by atoms with Crippen LogP contribution < -0.4 is 0 Å². The van der Waals surface area contributed by atoms with Crippen LogP contribution in [0.5, 0.6) is 0 Å². The van der Waals surface area contributed by atoms with Crippen molar-refractivity contribution < 1.29 is 9.53 Å². The fourth-order valence-electron chi connectivity index (χ4n) is 1.13. The Kier molecular flexibility index (Phi) is 3.71. The Balaban J connectivity index is 3.06. The van der Waals surface area contributed by atoms with Gasteiger partial charge in [0, 0.05) is 0 Å². The quantitative estimate of drug-likeness (QED) is 0.538. The summed E-state index contributed by atoms with van der Waals surface area (Å²) in [4.78, 5) is 11.4. The number of ether oxygens (including phenoxy) is 1. The minimum atomic E-state index is -0.311. The van der Waals surface area contributed by atoms with Gasteiger partial charge in [-0.05, 0) is 24.6 Å². The van der Waals surface area contributed by atoms with Crippen molar-refractivity contribution in [1.82, 2.24) is 0 Å². The van der Waals surface area contributed by atoms with E-state index in [1.54, 1.807) is 25.1 Å². The number of carbonyl (C=O) groups is 1. The fourth-order valence-corrected chi connectivity index (χ4v) is 1.13. The van der Waals surface area contributed by atoms with Crippen LogP contribution in [0.4, 0.5) is 0 Å². The normalized spacial score (nSPS) is 8.93. The Bertz CT molecular complexity index is 374. The van der Waals surface area contributed by atoms with Crippen LogP contribution in [0.15, 0.2) is 36.6 Å². The summed E-state index contributed by atoms with van der Waals surface area (Å²) in [6.45, 7) is 5.63. The van der Waals surface area contributed by atoms with Crippen molar-refractivity contribution >= 4 is 12.0 Å². The number of hydrogen-bond acceptors (Lipinski definition) is 2. The number of benzene rings is 1. The van der Waals surface area contributed by atoms with Gasteiger partial charge in [0.15, 0.2) is 0 Å². The fraction of sp³-hybridized carbons (Fsp3) is 0.167. The van der Waals surface area contributed by atoms with Crippen LogP contribution in [-0.2, 0) is 4.74 Å². The molecule has 0 spiro atoms. The summed E-state index contributed by atoms with van der Waals surface area (Å²) in [5.74, 6) is -0.311. The third-order valence-electron chi connectivity index (χ3n) is 1.71. The van der Waals surface area contributed by atoms with Crippen LogP contribution in [0.1, 0.15) is 22.8 Å². The van der Waals surface area contributed by atoms with Gasteiger partial charge in [-0.25, -0.2) is 4.79 Å². The maximum atomic E-state index is 11.4. The van der Waals surface area contributed by atoms with E-state index >= 15 is 0 Å². The lowest BCUT2D eigenvalue weighted by atomic mass is 10.1. The van der Waals surface area contributed by atoms with Crippen molar-refractivity contribution in [2.24, 2.45) is 0 Å². The molecule has 2 nitrogen and oxygen atoms in total. The molecule has 1 aromatic rings. The summed E-state index contributed by atoms with van der Waals surface area (Å²) in [5.41, 5.74) is 3.96. The molecular formula is C12H12O2. The molecule has 0 saturated carbocycles. The molecular weight excluding hydrogens is 176 g/mol. The second-order valence-electron chi connectivity index (χ2n) is 2.66. The van der Waals surface area contributed by atoms with Crippen LogP contribution >= 0.6 is 0 Å². The molecule has 0 fully saturated rings. The summed E-state index contributed by atoms with van der Waals surface area (Å²) < 4.78 is 4.91. The molecule has 0 radical (unpaired) electrons. The van der Waals surface area contributed by atoms with E-state index in [4.69, 9.17) is 4.74 Å². The molecule has 1 rings (SSSR count). The van der Waals surface area contributed by atoms with E-state index < -0.39 is 0 Å². The van der Waals surface area contributed by atoms with E-state index in [0.717, 1.165) is 5.56 Å². The van der Waals surface area contributed by atoms with Crippen LogP contribution in [0.25, 0.3) is 6.08 Å². The van der Waals surface area contributed by atoms with E-state index in [1.165, 1.54) is 0 Å². The zero-order valence-corrected chi connectivity index (χ0v) is 8.12. The summed E-state index contributed by atoms with van der Waals surface area (Å²) >= 11 is 0. The molecule has 0 amide bonds. The molecule has 0 aliphatic rings. The first-order chi connectivity index (χ1) is 6.79. The van der Waals surface area contributed by atoms with Gasteiger partial charge < -0.3 is 4.74 Å². The van der Waals surface area contributed by atoms with Gasteiger partial charge in [-0.15, -0.1) is 5.73 Å². The Morgan fingerprint density at radius 3 is 2.93 bits per heavy atom. The number of hydrogen-bond donors (Lipinski definition) is 0. The molecule has 72 valence electrons. The number of esters is 1. The monoisotopic (exact) mass is 188 g/mol. The lowest BCUT2D eigenvalue weighted by molar-refractivity contribution is 0.0526. The summed E-state index contributed by atoms with van der Waals surface area (Å²) in [7, 11) is 0. The molecule has 0 saturated heterocycles. The van der Waals surface area contributed by atoms with Gasteiger partial charge in [0.1, 0.15) is 0 Å². The van der Waals surface area contributed by atoms with Crippen molar-refractivity contribution in [2.45, 2.75) is 6.92 Å². The van der Waals surface area contributed by atoms with Crippen LogP contribution in [0, 0.1) is 0 Å². The molecule has 0 unspecified atom stereocenters. The Morgan fingerprint density at radius 1 is 1.57 bits per heavy atom. The minimum Gasteiger partial charge on any atom is -0.462 e. The van der Waals surface area contributed by atoms with Gasteiger partial charge >= 0.3 is 5.97 Å². The minimum absolute atomic E-state index is 0.311. The standard InChI is InChI=1S/C12H12O2/c1-3-7-10-8-5-6-9-11(10)12(13)14-4-2/h5-9H,1,4H2,2H3. The van der Waals surface area contributed by atoms with E-state index in [1.807, 2.05) is 12.1 Å². The number of rotatable bonds is 3. The first kappa shape index (κ1) is 10.3. The van der Waals surface area contributed by atoms with E-state index in [-0.39, 0.29) is 5.97 Å². The van der Waals surface area contributed by atoms with Crippen molar-refractivity contribution in [2.75, 3.05) is 6.61 Å². The molecule has 2 heteroatoms. The van der Waals surface area contributed by atoms with Gasteiger partial charge in [0.25, 0.3) is 0 Å². The molecule has 0 N–H and O–H groups in total. The van der Waals surface area contributed by atoms with Gasteiger partial charge in [-0.3, -0.25) is 0 Å². The lowest BCUT2D eigenvalue weighted by Gasteiger charge is -2.03. The highest BCUT2D eigenvalue weighted by atomic mass is 16.5. The van der Waals surface area contributed by atoms with E-state index in [0.29, 0.717) is 12.2 Å². The average Bonchev–Trinajstić information content (AvgIpc) is 2.19. The first-order valence-electron chi connectivity index (χ1n) is 4.41. The van der Waals surface area contributed by atoms with Crippen LogP contribution in [0.3, 0.4) is 0 Å². The Labute approximate surface area is 83.5 Å². The molecule has 0 heterocycles. The van der Waals surface area contributed by atoms with Gasteiger partial charge in [-0.1, -0.05) is 24.8 Å². The maximum Gasteiger partial charge on any atom is 0.338 e. The third-order valence-corrected chi connectivity index (χ3v) is 1.71. The molecule has 0 aliphatic heterocycles. The van der Waals surface area contributed by atoms with Crippen molar-refractivity contribution in [1.29, 1.82) is 0 Å². The Hall–Kier alpha value is -1.79. The molecule has 0 atom stereocenters. The second kappa shape index (κ2) is 5.05. The van der Waals surface area contributed by atoms with E-state index in [2.05, 4.69) is 12.3 Å². The molecule has 0 aliphatic carbocycles. The van der Waals surface area contributed by atoms with Gasteiger partial charge in [0.05, 0.1) is 12.2 Å². The van der Waals surface area contributed by atoms with Gasteiger partial charge in [0.2, 0.25) is 0 Å². The average molecular weight is 188 g/mol. The molecule has 1 aromatic carbocycles. The predicted molar refractivity (Wildman–Crippen MR) is 56.0 cm³/mol.